The Morgan fingerprint density at radius 1 is 1.15 bits per heavy atom. The lowest BCUT2D eigenvalue weighted by Crippen LogP contribution is -2.44. The first-order valence-electron chi connectivity index (χ1n) is 8.97. The van der Waals surface area contributed by atoms with Crippen molar-refractivity contribution < 1.29 is 19.0 Å². The van der Waals surface area contributed by atoms with Crippen molar-refractivity contribution in [1.82, 2.24) is 9.88 Å². The zero-order valence-corrected chi connectivity index (χ0v) is 15.2. The molecule has 6 nitrogen and oxygen atoms in total. The van der Waals surface area contributed by atoms with Crippen LogP contribution in [0.4, 0.5) is 0 Å². The fourth-order valence-corrected chi connectivity index (χ4v) is 3.74. The zero-order valence-electron chi connectivity index (χ0n) is 15.2. The molecule has 0 atom stereocenters. The summed E-state index contributed by atoms with van der Waals surface area (Å²) >= 11 is 0. The molecule has 0 unspecified atom stereocenters. The third-order valence-corrected chi connectivity index (χ3v) is 5.63. The number of fused-ring (bicyclic) bond motifs is 1. The number of ether oxygens (including phenoxy) is 3. The maximum absolute atomic E-state index is 12.7. The number of hydrogen-bond donors (Lipinski definition) is 1. The molecular formula is C20H24N2O4. The third-order valence-electron chi connectivity index (χ3n) is 5.63. The van der Waals surface area contributed by atoms with Gasteiger partial charge in [-0.1, -0.05) is 6.07 Å². The van der Waals surface area contributed by atoms with Crippen LogP contribution >= 0.6 is 0 Å². The zero-order chi connectivity index (χ0) is 18.1. The highest BCUT2D eigenvalue weighted by atomic mass is 16.7. The number of aromatic nitrogens is 1. The predicted octanol–water partition coefficient (Wildman–Crippen LogP) is 2.54. The Morgan fingerprint density at radius 2 is 1.92 bits per heavy atom. The Labute approximate surface area is 153 Å². The summed E-state index contributed by atoms with van der Waals surface area (Å²) in [6, 6.07) is 9.90. The predicted molar refractivity (Wildman–Crippen MR) is 96.8 cm³/mol. The summed E-state index contributed by atoms with van der Waals surface area (Å²) in [5.74, 6) is 1.50. The van der Waals surface area contributed by atoms with Gasteiger partial charge in [-0.25, -0.2) is 0 Å². The van der Waals surface area contributed by atoms with Crippen LogP contribution in [0.3, 0.4) is 0 Å². The fraction of sp³-hybridized carbons (Fsp3) is 0.450. The van der Waals surface area contributed by atoms with Gasteiger partial charge in [-0.05, 0) is 49.6 Å². The van der Waals surface area contributed by atoms with Gasteiger partial charge >= 0.3 is 0 Å². The Morgan fingerprint density at radius 3 is 2.65 bits per heavy atom. The number of carbonyl (C=O) groups excluding carboxylic acids is 1. The Bertz CT molecular complexity index is 821. The number of hydrogen-bond acceptors (Lipinski definition) is 4. The molecule has 1 N–H and O–H groups in total. The van der Waals surface area contributed by atoms with Crippen LogP contribution in [0.15, 0.2) is 30.3 Å². The standard InChI is InChI=1S/C20H24N2O4/c1-14-3-5-16(22(14)2)19(23)21-12-20(7-9-24-10-8-20)15-4-6-17-18(11-15)26-13-25-17/h3-6,11H,7-10,12-13H2,1-2H3,(H,21,23). The number of aryl methyl sites for hydroxylation is 1. The molecule has 1 fully saturated rings. The molecule has 1 aromatic carbocycles. The lowest BCUT2D eigenvalue weighted by molar-refractivity contribution is 0.0486. The summed E-state index contributed by atoms with van der Waals surface area (Å²) in [4.78, 5) is 12.7. The summed E-state index contributed by atoms with van der Waals surface area (Å²) in [6.45, 7) is 4.20. The molecule has 6 heteroatoms. The lowest BCUT2D eigenvalue weighted by Gasteiger charge is -2.38. The average Bonchev–Trinajstić information content (AvgIpc) is 3.27. The van der Waals surface area contributed by atoms with Crippen molar-refractivity contribution in [2.45, 2.75) is 25.2 Å². The number of carbonyl (C=O) groups is 1. The second kappa shape index (κ2) is 6.68. The minimum atomic E-state index is -0.158. The first kappa shape index (κ1) is 17.0. The summed E-state index contributed by atoms with van der Waals surface area (Å²) in [5, 5.41) is 3.14. The molecule has 1 amide bonds. The summed E-state index contributed by atoms with van der Waals surface area (Å²) in [7, 11) is 1.91. The highest BCUT2D eigenvalue weighted by molar-refractivity contribution is 5.93. The van der Waals surface area contributed by atoms with E-state index in [-0.39, 0.29) is 18.1 Å². The van der Waals surface area contributed by atoms with Crippen molar-refractivity contribution in [3.63, 3.8) is 0 Å². The number of benzene rings is 1. The highest BCUT2D eigenvalue weighted by Gasteiger charge is 2.36. The van der Waals surface area contributed by atoms with Gasteiger partial charge in [0.1, 0.15) is 5.69 Å². The van der Waals surface area contributed by atoms with Crippen molar-refractivity contribution in [3.05, 3.63) is 47.3 Å². The van der Waals surface area contributed by atoms with Crippen molar-refractivity contribution in [1.29, 1.82) is 0 Å². The van der Waals surface area contributed by atoms with Crippen LogP contribution in [0.5, 0.6) is 11.5 Å². The van der Waals surface area contributed by atoms with Gasteiger partial charge in [0.2, 0.25) is 6.79 Å². The minimum absolute atomic E-state index is 0.0489. The highest BCUT2D eigenvalue weighted by Crippen LogP contribution is 2.40. The number of amides is 1. The number of nitrogens with zero attached hydrogens (tertiary/aromatic N) is 1. The van der Waals surface area contributed by atoms with Gasteiger partial charge in [-0.3, -0.25) is 4.79 Å². The third kappa shape index (κ3) is 2.94. The van der Waals surface area contributed by atoms with E-state index in [0.717, 1.165) is 35.6 Å². The minimum Gasteiger partial charge on any atom is -0.454 e. The molecular weight excluding hydrogens is 332 g/mol. The smallest absolute Gasteiger partial charge is 0.267 e. The van der Waals surface area contributed by atoms with E-state index in [1.54, 1.807) is 0 Å². The van der Waals surface area contributed by atoms with Crippen LogP contribution in [0.1, 0.15) is 34.6 Å². The van der Waals surface area contributed by atoms with Gasteiger partial charge in [0.05, 0.1) is 0 Å². The maximum atomic E-state index is 12.7. The molecule has 0 radical (unpaired) electrons. The van der Waals surface area contributed by atoms with Crippen LogP contribution in [0.25, 0.3) is 0 Å². The number of rotatable bonds is 4. The molecule has 0 saturated carbocycles. The van der Waals surface area contributed by atoms with Crippen LogP contribution in [0, 0.1) is 6.92 Å². The van der Waals surface area contributed by atoms with E-state index in [1.165, 1.54) is 0 Å². The number of nitrogens with one attached hydrogen (secondary N) is 1. The quantitative estimate of drug-likeness (QED) is 0.915. The average molecular weight is 356 g/mol. The largest absolute Gasteiger partial charge is 0.454 e. The second-order valence-corrected chi connectivity index (χ2v) is 7.06. The maximum Gasteiger partial charge on any atom is 0.267 e. The SMILES string of the molecule is Cc1ccc(C(=O)NCC2(c3ccc4c(c3)OCO4)CCOCC2)n1C. The van der Waals surface area contributed by atoms with Crippen molar-refractivity contribution >= 4 is 5.91 Å². The molecule has 26 heavy (non-hydrogen) atoms. The molecule has 0 aliphatic carbocycles. The van der Waals surface area contributed by atoms with Crippen molar-refractivity contribution in [2.24, 2.45) is 7.05 Å². The lowest BCUT2D eigenvalue weighted by atomic mass is 9.74. The van der Waals surface area contributed by atoms with Crippen LogP contribution in [-0.2, 0) is 17.2 Å². The molecule has 1 saturated heterocycles. The molecule has 4 rings (SSSR count). The normalized spacial score (nSPS) is 17.9. The van der Waals surface area contributed by atoms with Gasteiger partial charge in [0.25, 0.3) is 5.91 Å². The summed E-state index contributed by atoms with van der Waals surface area (Å²) < 4.78 is 18.5. The first-order valence-corrected chi connectivity index (χ1v) is 8.97. The topological polar surface area (TPSA) is 61.7 Å². The van der Waals surface area contributed by atoms with Crippen molar-refractivity contribution in [2.75, 3.05) is 26.6 Å². The van der Waals surface area contributed by atoms with E-state index in [9.17, 15) is 4.79 Å². The molecule has 3 heterocycles. The molecule has 0 bridgehead atoms. The molecule has 0 spiro atoms. The van der Waals surface area contributed by atoms with E-state index in [2.05, 4.69) is 11.4 Å². The first-order chi connectivity index (χ1) is 12.6. The van der Waals surface area contributed by atoms with Gasteiger partial charge in [0, 0.05) is 37.9 Å². The van der Waals surface area contributed by atoms with E-state index in [4.69, 9.17) is 14.2 Å². The van der Waals surface area contributed by atoms with E-state index in [0.29, 0.717) is 25.5 Å². The molecule has 2 aromatic rings. The van der Waals surface area contributed by atoms with Crippen molar-refractivity contribution in [3.8, 4) is 11.5 Å². The molecule has 2 aliphatic rings. The monoisotopic (exact) mass is 356 g/mol. The Hall–Kier alpha value is -2.47. The van der Waals surface area contributed by atoms with Gasteiger partial charge in [-0.15, -0.1) is 0 Å². The van der Waals surface area contributed by atoms with E-state index >= 15 is 0 Å². The van der Waals surface area contributed by atoms with Gasteiger partial charge < -0.3 is 24.1 Å². The van der Waals surface area contributed by atoms with Crippen LogP contribution in [-0.4, -0.2) is 37.0 Å². The molecule has 138 valence electrons. The second-order valence-electron chi connectivity index (χ2n) is 7.06. The van der Waals surface area contributed by atoms with E-state index < -0.39 is 0 Å². The van der Waals surface area contributed by atoms with Crippen LogP contribution < -0.4 is 14.8 Å². The van der Waals surface area contributed by atoms with Gasteiger partial charge in [0.15, 0.2) is 11.5 Å². The van der Waals surface area contributed by atoms with Crippen LogP contribution in [0.2, 0.25) is 0 Å². The van der Waals surface area contributed by atoms with Gasteiger partial charge in [-0.2, -0.15) is 0 Å². The Balaban J connectivity index is 1.57. The summed E-state index contributed by atoms with van der Waals surface area (Å²) in [5.41, 5.74) is 2.74. The summed E-state index contributed by atoms with van der Waals surface area (Å²) in [6.07, 6.45) is 1.72. The Kier molecular flexibility index (Phi) is 4.36. The fourth-order valence-electron chi connectivity index (χ4n) is 3.74. The van der Waals surface area contributed by atoms with E-state index in [1.807, 2.05) is 42.8 Å². The molecule has 1 aromatic heterocycles. The molecule has 2 aliphatic heterocycles.